The van der Waals surface area contributed by atoms with Gasteiger partial charge < -0.3 is 10.4 Å². The van der Waals surface area contributed by atoms with Crippen LogP contribution >= 0.6 is 0 Å². The van der Waals surface area contributed by atoms with Gasteiger partial charge in [-0.15, -0.1) is 6.58 Å². The number of amides is 1. The molecule has 2 N–H and O–H groups in total. The second kappa shape index (κ2) is 7.56. The maximum absolute atomic E-state index is 12.0. The normalized spacial score (nSPS) is 18.9. The average molecular weight is 318 g/mol. The Hall–Kier alpha value is -1.41. The van der Waals surface area contributed by atoms with E-state index in [1.165, 1.54) is 10.4 Å². The van der Waals surface area contributed by atoms with Crippen molar-refractivity contribution >= 4 is 21.9 Å². The summed E-state index contributed by atoms with van der Waals surface area (Å²) in [4.78, 5) is 23.0. The molecule has 0 aromatic heterocycles. The molecule has 1 aliphatic heterocycles. The van der Waals surface area contributed by atoms with Crippen LogP contribution in [-0.2, 0) is 19.6 Å². The minimum atomic E-state index is -3.22. The molecule has 1 aliphatic rings. The summed E-state index contributed by atoms with van der Waals surface area (Å²) in [6, 6.07) is -0.979. The quantitative estimate of drug-likeness (QED) is 0.652. The van der Waals surface area contributed by atoms with Crippen LogP contribution in [0.4, 0.5) is 0 Å². The van der Waals surface area contributed by atoms with Crippen LogP contribution in [0.2, 0.25) is 0 Å². The first-order chi connectivity index (χ1) is 9.81. The molecule has 1 fully saturated rings. The van der Waals surface area contributed by atoms with E-state index in [0.717, 1.165) is 0 Å². The molecule has 0 radical (unpaired) electrons. The number of aliphatic carboxylic acids is 1. The number of hydrogen-bond acceptors (Lipinski definition) is 4. The zero-order chi connectivity index (χ0) is 16.0. The summed E-state index contributed by atoms with van der Waals surface area (Å²) in [7, 11) is -3.22. The van der Waals surface area contributed by atoms with Gasteiger partial charge in [-0.2, -0.15) is 0 Å². The third kappa shape index (κ3) is 4.82. The fourth-order valence-electron chi connectivity index (χ4n) is 2.26. The summed E-state index contributed by atoms with van der Waals surface area (Å²) in [5.41, 5.74) is 0. The zero-order valence-corrected chi connectivity index (χ0v) is 12.9. The predicted molar refractivity (Wildman–Crippen MR) is 78.1 cm³/mol. The van der Waals surface area contributed by atoms with E-state index in [0.29, 0.717) is 25.9 Å². The standard InChI is InChI=1S/C13H22N2O5S/c1-3-5-11(13(17)18)14-12(16)10-6-8-15(9-7-10)21(19,20)4-2/h3,10-11H,1,4-9H2,2H3,(H,14,16)(H,17,18). The summed E-state index contributed by atoms with van der Waals surface area (Å²) >= 11 is 0. The maximum Gasteiger partial charge on any atom is 0.326 e. The molecule has 1 heterocycles. The van der Waals surface area contributed by atoms with Crippen molar-refractivity contribution in [3.05, 3.63) is 12.7 Å². The SMILES string of the molecule is C=CCC(NC(=O)C1CCN(S(=O)(=O)CC)CC1)C(=O)O. The number of nitrogens with zero attached hydrogens (tertiary/aromatic N) is 1. The molecule has 0 bridgehead atoms. The van der Waals surface area contributed by atoms with Gasteiger partial charge >= 0.3 is 5.97 Å². The van der Waals surface area contributed by atoms with Crippen LogP contribution in [0.1, 0.15) is 26.2 Å². The highest BCUT2D eigenvalue weighted by molar-refractivity contribution is 7.89. The summed E-state index contributed by atoms with van der Waals surface area (Å²) < 4.78 is 24.8. The van der Waals surface area contributed by atoms with Crippen LogP contribution in [0.25, 0.3) is 0 Å². The number of sulfonamides is 1. The molecule has 0 spiro atoms. The molecule has 0 saturated carbocycles. The number of carbonyl (C=O) groups excluding carboxylic acids is 1. The van der Waals surface area contributed by atoms with E-state index in [2.05, 4.69) is 11.9 Å². The molecule has 1 rings (SSSR count). The van der Waals surface area contributed by atoms with Crippen molar-refractivity contribution in [2.75, 3.05) is 18.8 Å². The molecule has 21 heavy (non-hydrogen) atoms. The van der Waals surface area contributed by atoms with Gasteiger partial charge in [0, 0.05) is 19.0 Å². The van der Waals surface area contributed by atoms with Gasteiger partial charge in [-0.3, -0.25) is 4.79 Å². The highest BCUT2D eigenvalue weighted by atomic mass is 32.2. The first-order valence-corrected chi connectivity index (χ1v) is 8.54. The number of carbonyl (C=O) groups is 2. The molecule has 1 unspecified atom stereocenters. The molecule has 1 amide bonds. The summed E-state index contributed by atoms with van der Waals surface area (Å²) in [6.07, 6.45) is 2.41. The molecule has 120 valence electrons. The number of rotatable bonds is 7. The lowest BCUT2D eigenvalue weighted by atomic mass is 9.96. The Labute approximate surface area is 125 Å². The molecular weight excluding hydrogens is 296 g/mol. The monoisotopic (exact) mass is 318 g/mol. The van der Waals surface area contributed by atoms with Crippen molar-refractivity contribution < 1.29 is 23.1 Å². The first kappa shape index (κ1) is 17.6. The van der Waals surface area contributed by atoms with Crippen molar-refractivity contribution in [1.29, 1.82) is 0 Å². The van der Waals surface area contributed by atoms with Gasteiger partial charge in [-0.1, -0.05) is 6.08 Å². The second-order valence-corrected chi connectivity index (χ2v) is 7.26. The van der Waals surface area contributed by atoms with E-state index in [1.807, 2.05) is 0 Å². The Morgan fingerprint density at radius 1 is 1.43 bits per heavy atom. The Morgan fingerprint density at radius 2 is 2.00 bits per heavy atom. The van der Waals surface area contributed by atoms with Gasteiger partial charge in [0.25, 0.3) is 0 Å². The molecule has 7 nitrogen and oxygen atoms in total. The van der Waals surface area contributed by atoms with Gasteiger partial charge in [0.05, 0.1) is 5.75 Å². The lowest BCUT2D eigenvalue weighted by molar-refractivity contribution is -0.142. The van der Waals surface area contributed by atoms with Gasteiger partial charge in [-0.05, 0) is 26.2 Å². The van der Waals surface area contributed by atoms with Crippen LogP contribution in [0, 0.1) is 5.92 Å². The maximum atomic E-state index is 12.0. The largest absolute Gasteiger partial charge is 0.480 e. The minimum absolute atomic E-state index is 0.0459. The van der Waals surface area contributed by atoms with Crippen molar-refractivity contribution in [1.82, 2.24) is 9.62 Å². The van der Waals surface area contributed by atoms with E-state index in [-0.39, 0.29) is 24.0 Å². The smallest absolute Gasteiger partial charge is 0.326 e. The van der Waals surface area contributed by atoms with Gasteiger partial charge in [0.2, 0.25) is 15.9 Å². The Bertz CT molecular complexity index is 495. The van der Waals surface area contributed by atoms with E-state index >= 15 is 0 Å². The molecule has 1 saturated heterocycles. The van der Waals surface area contributed by atoms with E-state index in [1.54, 1.807) is 6.92 Å². The van der Waals surface area contributed by atoms with Crippen LogP contribution in [0.15, 0.2) is 12.7 Å². The fourth-order valence-corrected chi connectivity index (χ4v) is 3.39. The number of piperidine rings is 1. The minimum Gasteiger partial charge on any atom is -0.480 e. The third-order valence-electron chi connectivity index (χ3n) is 3.60. The van der Waals surface area contributed by atoms with Crippen molar-refractivity contribution in [2.45, 2.75) is 32.2 Å². The second-order valence-electron chi connectivity index (χ2n) is 5.00. The number of carboxylic acid groups (broad SMARTS) is 1. The molecular formula is C13H22N2O5S. The first-order valence-electron chi connectivity index (χ1n) is 6.93. The molecule has 0 aromatic rings. The molecule has 0 aliphatic carbocycles. The lowest BCUT2D eigenvalue weighted by Crippen LogP contribution is -2.47. The van der Waals surface area contributed by atoms with E-state index < -0.39 is 22.0 Å². The highest BCUT2D eigenvalue weighted by Gasteiger charge is 2.31. The zero-order valence-electron chi connectivity index (χ0n) is 12.1. The van der Waals surface area contributed by atoms with Gasteiger partial charge in [0.15, 0.2) is 0 Å². The molecule has 8 heteroatoms. The van der Waals surface area contributed by atoms with Crippen molar-refractivity contribution in [3.63, 3.8) is 0 Å². The van der Waals surface area contributed by atoms with Crippen molar-refractivity contribution in [3.8, 4) is 0 Å². The summed E-state index contributed by atoms with van der Waals surface area (Å²) in [5, 5.41) is 11.5. The lowest BCUT2D eigenvalue weighted by Gasteiger charge is -2.30. The Kier molecular flexibility index (Phi) is 6.35. The van der Waals surface area contributed by atoms with Gasteiger partial charge in [0.1, 0.15) is 6.04 Å². The topological polar surface area (TPSA) is 104 Å². The Morgan fingerprint density at radius 3 is 2.43 bits per heavy atom. The molecule has 0 aromatic carbocycles. The number of nitrogens with one attached hydrogen (secondary N) is 1. The third-order valence-corrected chi connectivity index (χ3v) is 5.48. The highest BCUT2D eigenvalue weighted by Crippen LogP contribution is 2.20. The van der Waals surface area contributed by atoms with Crippen LogP contribution in [0.3, 0.4) is 0 Å². The molecule has 1 atom stereocenters. The summed E-state index contributed by atoms with van der Waals surface area (Å²) in [6.45, 7) is 5.64. The average Bonchev–Trinajstić information content (AvgIpc) is 2.46. The van der Waals surface area contributed by atoms with E-state index in [9.17, 15) is 18.0 Å². The number of carboxylic acids is 1. The number of hydrogen-bond donors (Lipinski definition) is 2. The van der Waals surface area contributed by atoms with Crippen molar-refractivity contribution in [2.24, 2.45) is 5.92 Å². The predicted octanol–water partition coefficient (Wildman–Crippen LogP) is 0.194. The Balaban J connectivity index is 2.55. The van der Waals surface area contributed by atoms with Crippen LogP contribution < -0.4 is 5.32 Å². The van der Waals surface area contributed by atoms with E-state index in [4.69, 9.17) is 5.11 Å². The van der Waals surface area contributed by atoms with Gasteiger partial charge in [-0.25, -0.2) is 17.5 Å². The summed E-state index contributed by atoms with van der Waals surface area (Å²) in [5.74, 6) is -1.74. The van der Waals surface area contributed by atoms with Crippen LogP contribution in [-0.4, -0.2) is 54.6 Å². The fraction of sp³-hybridized carbons (Fsp3) is 0.692. The van der Waals surface area contributed by atoms with Crippen LogP contribution in [0.5, 0.6) is 0 Å².